The lowest BCUT2D eigenvalue weighted by Gasteiger charge is -2.13. The van der Waals surface area contributed by atoms with Crippen LogP contribution < -0.4 is 5.32 Å². The summed E-state index contributed by atoms with van der Waals surface area (Å²) >= 11 is 2.35. The van der Waals surface area contributed by atoms with E-state index in [4.69, 9.17) is 9.97 Å². The van der Waals surface area contributed by atoms with Gasteiger partial charge in [0.05, 0.1) is 9.26 Å². The van der Waals surface area contributed by atoms with E-state index in [1.165, 1.54) is 24.0 Å². The second kappa shape index (κ2) is 6.30. The monoisotopic (exact) mass is 393 g/mol. The molecule has 4 heteroatoms. The molecular weight excluding hydrogens is 373 g/mol. The Labute approximate surface area is 139 Å². The molecule has 1 heterocycles. The van der Waals surface area contributed by atoms with Gasteiger partial charge in [-0.15, -0.1) is 0 Å². The van der Waals surface area contributed by atoms with Gasteiger partial charge in [-0.3, -0.25) is 0 Å². The molecule has 0 radical (unpaired) electrons. The van der Waals surface area contributed by atoms with E-state index in [0.29, 0.717) is 5.92 Å². The molecule has 1 aliphatic carbocycles. The largest absolute Gasteiger partial charge is 0.369 e. The fourth-order valence-electron chi connectivity index (χ4n) is 2.58. The average molecular weight is 393 g/mol. The lowest BCUT2D eigenvalue weighted by atomic mass is 10.0. The number of hydrogen-bond donors (Lipinski definition) is 1. The van der Waals surface area contributed by atoms with Crippen LogP contribution in [0.1, 0.15) is 43.9 Å². The first-order valence-electron chi connectivity index (χ1n) is 7.64. The first-order valence-corrected chi connectivity index (χ1v) is 8.72. The van der Waals surface area contributed by atoms with Crippen LogP contribution in [0.5, 0.6) is 0 Å². The molecule has 3 rings (SSSR count). The highest BCUT2D eigenvalue weighted by Crippen LogP contribution is 2.44. The number of hydrogen-bond acceptors (Lipinski definition) is 3. The number of nitrogens with one attached hydrogen (secondary N) is 1. The number of aromatic nitrogens is 2. The normalized spacial score (nSPS) is 14.2. The molecule has 0 amide bonds. The van der Waals surface area contributed by atoms with Gasteiger partial charge in [0, 0.05) is 12.1 Å². The highest BCUT2D eigenvalue weighted by Gasteiger charge is 2.27. The third-order valence-electron chi connectivity index (χ3n) is 3.82. The predicted octanol–water partition coefficient (Wildman–Crippen LogP) is 4.62. The van der Waals surface area contributed by atoms with Gasteiger partial charge in [-0.2, -0.15) is 0 Å². The summed E-state index contributed by atoms with van der Waals surface area (Å²) in [6, 6.07) is 8.59. The zero-order chi connectivity index (χ0) is 14.8. The Bertz CT molecular complexity index is 650. The molecule has 1 fully saturated rings. The standard InChI is InChI=1S/C17H20IN3/c1-3-14-15(18)17(19-4-2)21-16(20-14)13-8-6-5-7-12(13)11-9-10-11/h5-8,11H,3-4,9-10H2,1-2H3,(H,19,20,21). The summed E-state index contributed by atoms with van der Waals surface area (Å²) in [6.45, 7) is 5.12. The van der Waals surface area contributed by atoms with Gasteiger partial charge in [0.25, 0.3) is 0 Å². The van der Waals surface area contributed by atoms with Crippen LogP contribution in [0, 0.1) is 3.57 Å². The van der Waals surface area contributed by atoms with Crippen molar-refractivity contribution in [2.24, 2.45) is 0 Å². The second-order valence-corrected chi connectivity index (χ2v) is 6.48. The Morgan fingerprint density at radius 1 is 1.19 bits per heavy atom. The zero-order valence-electron chi connectivity index (χ0n) is 12.5. The molecule has 1 aromatic carbocycles. The van der Waals surface area contributed by atoms with Crippen LogP contribution in [0.4, 0.5) is 5.82 Å². The maximum Gasteiger partial charge on any atom is 0.162 e. The summed E-state index contributed by atoms with van der Waals surface area (Å²) in [5.41, 5.74) is 3.73. The molecular formula is C17H20IN3. The van der Waals surface area contributed by atoms with E-state index in [9.17, 15) is 0 Å². The van der Waals surface area contributed by atoms with E-state index in [1.807, 2.05) is 0 Å². The van der Waals surface area contributed by atoms with Crippen LogP contribution in [-0.2, 0) is 6.42 Å². The number of nitrogens with zero attached hydrogens (tertiary/aromatic N) is 2. The highest BCUT2D eigenvalue weighted by molar-refractivity contribution is 14.1. The second-order valence-electron chi connectivity index (χ2n) is 5.40. The van der Waals surface area contributed by atoms with Gasteiger partial charge in [-0.25, -0.2) is 9.97 Å². The van der Waals surface area contributed by atoms with E-state index < -0.39 is 0 Å². The molecule has 2 aromatic rings. The molecule has 1 aliphatic rings. The Morgan fingerprint density at radius 3 is 2.62 bits per heavy atom. The van der Waals surface area contributed by atoms with E-state index in [0.717, 1.165) is 33.9 Å². The minimum atomic E-state index is 0.705. The number of anilines is 1. The minimum absolute atomic E-state index is 0.705. The van der Waals surface area contributed by atoms with Crippen molar-refractivity contribution in [1.29, 1.82) is 0 Å². The first kappa shape index (κ1) is 14.8. The van der Waals surface area contributed by atoms with Gasteiger partial charge in [0.1, 0.15) is 5.82 Å². The van der Waals surface area contributed by atoms with Gasteiger partial charge in [-0.05, 0) is 60.3 Å². The molecule has 0 bridgehead atoms. The molecule has 110 valence electrons. The van der Waals surface area contributed by atoms with Crippen molar-refractivity contribution in [2.45, 2.75) is 39.0 Å². The van der Waals surface area contributed by atoms with Crippen LogP contribution in [-0.4, -0.2) is 16.5 Å². The number of halogens is 1. The van der Waals surface area contributed by atoms with Gasteiger partial charge in [0.15, 0.2) is 5.82 Å². The zero-order valence-corrected chi connectivity index (χ0v) is 14.6. The molecule has 21 heavy (non-hydrogen) atoms. The summed E-state index contributed by atoms with van der Waals surface area (Å²) in [5, 5.41) is 3.37. The van der Waals surface area contributed by atoms with E-state index >= 15 is 0 Å². The SMILES string of the molecule is CCNc1nc(-c2ccccc2C2CC2)nc(CC)c1I. The average Bonchev–Trinajstić information content (AvgIpc) is 3.34. The van der Waals surface area contributed by atoms with Gasteiger partial charge in [0.2, 0.25) is 0 Å². The quantitative estimate of drug-likeness (QED) is 0.754. The number of aryl methyl sites for hydroxylation is 1. The Balaban J connectivity index is 2.11. The predicted molar refractivity (Wildman–Crippen MR) is 95.7 cm³/mol. The third kappa shape index (κ3) is 3.05. The van der Waals surface area contributed by atoms with Crippen molar-refractivity contribution in [3.63, 3.8) is 0 Å². The fraction of sp³-hybridized carbons (Fsp3) is 0.412. The Hall–Kier alpha value is -1.17. The third-order valence-corrected chi connectivity index (χ3v) is 4.95. The molecule has 0 saturated heterocycles. The smallest absolute Gasteiger partial charge is 0.162 e. The van der Waals surface area contributed by atoms with Gasteiger partial charge in [-0.1, -0.05) is 31.2 Å². The fourth-order valence-corrected chi connectivity index (χ4v) is 3.40. The number of rotatable bonds is 5. The van der Waals surface area contributed by atoms with Gasteiger partial charge < -0.3 is 5.32 Å². The Morgan fingerprint density at radius 2 is 1.95 bits per heavy atom. The Kier molecular flexibility index (Phi) is 4.42. The van der Waals surface area contributed by atoms with Crippen molar-refractivity contribution < 1.29 is 0 Å². The maximum atomic E-state index is 4.82. The molecule has 0 atom stereocenters. The molecule has 3 nitrogen and oxygen atoms in total. The summed E-state index contributed by atoms with van der Waals surface area (Å²) in [7, 11) is 0. The first-order chi connectivity index (χ1) is 10.2. The summed E-state index contributed by atoms with van der Waals surface area (Å²) < 4.78 is 1.14. The van der Waals surface area contributed by atoms with E-state index in [-0.39, 0.29) is 0 Å². The van der Waals surface area contributed by atoms with Crippen molar-refractivity contribution in [3.05, 3.63) is 39.1 Å². The summed E-state index contributed by atoms with van der Waals surface area (Å²) in [6.07, 6.45) is 3.52. The number of benzene rings is 1. The van der Waals surface area contributed by atoms with Crippen LogP contribution >= 0.6 is 22.6 Å². The van der Waals surface area contributed by atoms with Crippen LogP contribution in [0.25, 0.3) is 11.4 Å². The molecule has 0 unspecified atom stereocenters. The maximum absolute atomic E-state index is 4.82. The van der Waals surface area contributed by atoms with Crippen LogP contribution in [0.15, 0.2) is 24.3 Å². The lowest BCUT2D eigenvalue weighted by Crippen LogP contribution is -2.08. The summed E-state index contributed by atoms with van der Waals surface area (Å²) in [4.78, 5) is 9.60. The topological polar surface area (TPSA) is 37.8 Å². The van der Waals surface area contributed by atoms with Crippen LogP contribution in [0.3, 0.4) is 0 Å². The van der Waals surface area contributed by atoms with Crippen molar-refractivity contribution in [2.75, 3.05) is 11.9 Å². The molecule has 0 spiro atoms. The molecule has 1 aromatic heterocycles. The lowest BCUT2D eigenvalue weighted by molar-refractivity contribution is 0.977. The molecule has 1 saturated carbocycles. The highest BCUT2D eigenvalue weighted by atomic mass is 127. The van der Waals surface area contributed by atoms with E-state index in [2.05, 4.69) is 66.0 Å². The molecule has 1 N–H and O–H groups in total. The van der Waals surface area contributed by atoms with Gasteiger partial charge >= 0.3 is 0 Å². The van der Waals surface area contributed by atoms with Crippen molar-refractivity contribution in [3.8, 4) is 11.4 Å². The van der Waals surface area contributed by atoms with Crippen molar-refractivity contribution in [1.82, 2.24) is 9.97 Å². The minimum Gasteiger partial charge on any atom is -0.369 e. The van der Waals surface area contributed by atoms with Crippen molar-refractivity contribution >= 4 is 28.4 Å². The van der Waals surface area contributed by atoms with Crippen LogP contribution in [0.2, 0.25) is 0 Å². The van der Waals surface area contributed by atoms with E-state index in [1.54, 1.807) is 0 Å². The molecule has 0 aliphatic heterocycles. The summed E-state index contributed by atoms with van der Waals surface area (Å²) in [5.74, 6) is 2.54.